The lowest BCUT2D eigenvalue weighted by atomic mass is 10.1. The van der Waals surface area contributed by atoms with Crippen LogP contribution < -0.4 is 4.72 Å². The van der Waals surface area contributed by atoms with Gasteiger partial charge >= 0.3 is 0 Å². The third-order valence-electron chi connectivity index (χ3n) is 2.95. The highest BCUT2D eigenvalue weighted by molar-refractivity contribution is 7.99. The molecule has 0 amide bonds. The zero-order valence-corrected chi connectivity index (χ0v) is 11.8. The molecule has 1 aromatic rings. The third kappa shape index (κ3) is 3.09. The second-order valence-electron chi connectivity index (χ2n) is 4.37. The standard InChI is InChI=1S/C11H17NO4S2/c1-8-11(4-10(6-13)16-8)18(14,15)12-5-9-2-3-17-7-9/h4,9,12-13H,2-3,5-7H2,1H3. The van der Waals surface area contributed by atoms with Crippen LogP contribution >= 0.6 is 11.8 Å². The van der Waals surface area contributed by atoms with Gasteiger partial charge in [0.25, 0.3) is 0 Å². The number of aliphatic hydroxyl groups is 1. The molecule has 1 fully saturated rings. The largest absolute Gasteiger partial charge is 0.462 e. The van der Waals surface area contributed by atoms with Crippen LogP contribution in [0.5, 0.6) is 0 Å². The molecule has 0 spiro atoms. The fraction of sp³-hybridized carbons (Fsp3) is 0.636. The summed E-state index contributed by atoms with van der Waals surface area (Å²) in [4.78, 5) is 0.122. The van der Waals surface area contributed by atoms with Crippen LogP contribution in [-0.2, 0) is 16.6 Å². The summed E-state index contributed by atoms with van der Waals surface area (Å²) in [5.41, 5.74) is 0. The fourth-order valence-electron chi connectivity index (χ4n) is 1.92. The van der Waals surface area contributed by atoms with Crippen molar-refractivity contribution in [3.8, 4) is 0 Å². The average molecular weight is 291 g/mol. The maximum Gasteiger partial charge on any atom is 0.244 e. The van der Waals surface area contributed by atoms with Gasteiger partial charge in [-0.2, -0.15) is 11.8 Å². The molecule has 7 heteroatoms. The normalized spacial score (nSPS) is 20.4. The summed E-state index contributed by atoms with van der Waals surface area (Å²) >= 11 is 1.85. The van der Waals surface area contributed by atoms with E-state index in [0.717, 1.165) is 17.9 Å². The first-order chi connectivity index (χ1) is 8.53. The van der Waals surface area contributed by atoms with E-state index >= 15 is 0 Å². The molecule has 2 rings (SSSR count). The molecule has 18 heavy (non-hydrogen) atoms. The van der Waals surface area contributed by atoms with E-state index in [4.69, 9.17) is 9.52 Å². The minimum atomic E-state index is -3.53. The highest BCUT2D eigenvalue weighted by Crippen LogP contribution is 2.24. The number of thioether (sulfide) groups is 1. The second-order valence-corrected chi connectivity index (χ2v) is 7.26. The maximum atomic E-state index is 12.1. The number of aliphatic hydroxyl groups excluding tert-OH is 1. The van der Waals surface area contributed by atoms with Crippen LogP contribution in [0.15, 0.2) is 15.4 Å². The molecule has 0 radical (unpaired) electrons. The van der Waals surface area contributed by atoms with Crippen molar-refractivity contribution >= 4 is 21.8 Å². The van der Waals surface area contributed by atoms with Gasteiger partial charge in [0.05, 0.1) is 0 Å². The van der Waals surface area contributed by atoms with Crippen molar-refractivity contribution in [1.82, 2.24) is 4.72 Å². The van der Waals surface area contributed by atoms with Gasteiger partial charge in [0.1, 0.15) is 23.0 Å². The van der Waals surface area contributed by atoms with Crippen molar-refractivity contribution in [2.24, 2.45) is 5.92 Å². The van der Waals surface area contributed by atoms with Crippen LogP contribution in [0.2, 0.25) is 0 Å². The fourth-order valence-corrected chi connectivity index (χ4v) is 4.52. The first kappa shape index (κ1) is 13.9. The number of sulfonamides is 1. The zero-order valence-electron chi connectivity index (χ0n) is 10.2. The summed E-state index contributed by atoms with van der Waals surface area (Å²) in [6.07, 6.45) is 1.06. The Labute approximate surface area is 111 Å². The Hall–Kier alpha value is -0.500. The van der Waals surface area contributed by atoms with Crippen LogP contribution in [0.1, 0.15) is 17.9 Å². The molecule has 0 aromatic carbocycles. The van der Waals surface area contributed by atoms with Crippen LogP contribution in [-0.4, -0.2) is 31.6 Å². The molecule has 1 saturated heterocycles. The molecule has 0 bridgehead atoms. The predicted molar refractivity (Wildman–Crippen MR) is 70.0 cm³/mol. The molecular formula is C11H17NO4S2. The molecule has 0 saturated carbocycles. The molecule has 0 aliphatic carbocycles. The molecule has 1 aliphatic rings. The first-order valence-corrected chi connectivity index (χ1v) is 8.44. The van der Waals surface area contributed by atoms with Gasteiger partial charge in [0, 0.05) is 12.6 Å². The molecule has 1 unspecified atom stereocenters. The quantitative estimate of drug-likeness (QED) is 0.849. The van der Waals surface area contributed by atoms with Gasteiger partial charge in [-0.05, 0) is 30.8 Å². The Morgan fingerprint density at radius 1 is 1.61 bits per heavy atom. The van der Waals surface area contributed by atoms with Crippen molar-refractivity contribution < 1.29 is 17.9 Å². The summed E-state index contributed by atoms with van der Waals surface area (Å²) in [6.45, 7) is 1.75. The van der Waals surface area contributed by atoms with Crippen LogP contribution in [0.25, 0.3) is 0 Å². The van der Waals surface area contributed by atoms with Crippen molar-refractivity contribution in [3.05, 3.63) is 17.6 Å². The Bertz CT molecular complexity index is 503. The Morgan fingerprint density at radius 3 is 2.94 bits per heavy atom. The topological polar surface area (TPSA) is 79.5 Å². The first-order valence-electron chi connectivity index (χ1n) is 5.80. The minimum Gasteiger partial charge on any atom is -0.462 e. The molecule has 2 heterocycles. The second kappa shape index (κ2) is 5.64. The smallest absolute Gasteiger partial charge is 0.244 e. The van der Waals surface area contributed by atoms with E-state index in [0.29, 0.717) is 18.2 Å². The van der Waals surface area contributed by atoms with Gasteiger partial charge in [0.2, 0.25) is 10.0 Å². The molecule has 5 nitrogen and oxygen atoms in total. The molecular weight excluding hydrogens is 274 g/mol. The molecule has 1 aromatic heterocycles. The Kier molecular flexibility index (Phi) is 4.37. The van der Waals surface area contributed by atoms with Gasteiger partial charge in [-0.15, -0.1) is 0 Å². The third-order valence-corrected chi connectivity index (χ3v) is 5.72. The molecule has 102 valence electrons. The van der Waals surface area contributed by atoms with Crippen LogP contribution in [0, 0.1) is 12.8 Å². The lowest BCUT2D eigenvalue weighted by Gasteiger charge is -2.09. The van der Waals surface area contributed by atoms with Crippen molar-refractivity contribution in [3.63, 3.8) is 0 Å². The summed E-state index contributed by atoms with van der Waals surface area (Å²) < 4.78 is 31.9. The lowest BCUT2D eigenvalue weighted by molar-refractivity contribution is 0.244. The average Bonchev–Trinajstić information content (AvgIpc) is 2.95. The summed E-state index contributed by atoms with van der Waals surface area (Å²) in [7, 11) is -3.53. The van der Waals surface area contributed by atoms with Gasteiger partial charge in [0.15, 0.2) is 0 Å². The van der Waals surface area contributed by atoms with Crippen molar-refractivity contribution in [2.75, 3.05) is 18.1 Å². The van der Waals surface area contributed by atoms with Crippen LogP contribution in [0.3, 0.4) is 0 Å². The number of hydrogen-bond acceptors (Lipinski definition) is 5. The van der Waals surface area contributed by atoms with E-state index in [1.54, 1.807) is 6.92 Å². The SMILES string of the molecule is Cc1oc(CO)cc1S(=O)(=O)NCC1CCSC1. The van der Waals surface area contributed by atoms with Gasteiger partial charge in [-0.3, -0.25) is 0 Å². The predicted octanol–water partition coefficient (Wildman–Crippen LogP) is 1.11. The van der Waals surface area contributed by atoms with Crippen molar-refractivity contribution in [2.45, 2.75) is 24.8 Å². The number of nitrogens with one attached hydrogen (secondary N) is 1. The zero-order chi connectivity index (χ0) is 13.2. The van der Waals surface area contributed by atoms with E-state index in [2.05, 4.69) is 4.72 Å². The van der Waals surface area contributed by atoms with E-state index in [-0.39, 0.29) is 17.3 Å². The highest BCUT2D eigenvalue weighted by atomic mass is 32.2. The van der Waals surface area contributed by atoms with Gasteiger partial charge in [-0.1, -0.05) is 0 Å². The van der Waals surface area contributed by atoms with Gasteiger partial charge in [-0.25, -0.2) is 13.1 Å². The van der Waals surface area contributed by atoms with Crippen LogP contribution in [0.4, 0.5) is 0 Å². The van der Waals surface area contributed by atoms with E-state index in [9.17, 15) is 8.42 Å². The summed E-state index contributed by atoms with van der Waals surface area (Å²) in [5.74, 6) is 3.10. The Morgan fingerprint density at radius 2 is 2.39 bits per heavy atom. The number of rotatable bonds is 5. The van der Waals surface area contributed by atoms with E-state index in [1.807, 2.05) is 11.8 Å². The summed E-state index contributed by atoms with van der Waals surface area (Å²) in [5, 5.41) is 8.93. The number of hydrogen-bond donors (Lipinski definition) is 2. The lowest BCUT2D eigenvalue weighted by Crippen LogP contribution is -2.29. The Balaban J connectivity index is 2.06. The number of aryl methyl sites for hydroxylation is 1. The van der Waals surface area contributed by atoms with Crippen molar-refractivity contribution in [1.29, 1.82) is 0 Å². The summed E-state index contributed by atoms with van der Waals surface area (Å²) in [6, 6.07) is 1.38. The highest BCUT2D eigenvalue weighted by Gasteiger charge is 2.23. The van der Waals surface area contributed by atoms with E-state index < -0.39 is 10.0 Å². The minimum absolute atomic E-state index is 0.122. The molecule has 2 N–H and O–H groups in total. The molecule has 1 atom stereocenters. The number of furan rings is 1. The monoisotopic (exact) mass is 291 g/mol. The van der Waals surface area contributed by atoms with Gasteiger partial charge < -0.3 is 9.52 Å². The maximum absolute atomic E-state index is 12.1. The van der Waals surface area contributed by atoms with E-state index in [1.165, 1.54) is 6.07 Å². The molecule has 1 aliphatic heterocycles.